The van der Waals surface area contributed by atoms with E-state index in [1.807, 2.05) is 36.7 Å². The first-order valence-corrected chi connectivity index (χ1v) is 9.32. The number of β-amino-alcohol motifs (C(OH)–C–C–N with tert-alkyl or cyclic N) is 1. The Morgan fingerprint density at radius 1 is 1.38 bits per heavy atom. The van der Waals surface area contributed by atoms with Gasteiger partial charge in [0.1, 0.15) is 0 Å². The molecule has 0 bridgehead atoms. The summed E-state index contributed by atoms with van der Waals surface area (Å²) >= 11 is 1.57. The monoisotopic (exact) mass is 374 g/mol. The number of carbonyl (C=O) groups is 2. The zero-order valence-electron chi connectivity index (χ0n) is 14.5. The number of nitrogens with zero attached hydrogens (tertiary/aromatic N) is 2. The van der Waals surface area contributed by atoms with Crippen LogP contribution >= 0.6 is 11.3 Å². The summed E-state index contributed by atoms with van der Waals surface area (Å²) in [6.07, 6.45) is -0.266. The lowest BCUT2D eigenvalue weighted by Gasteiger charge is -2.23. The Labute approximate surface area is 155 Å². The van der Waals surface area contributed by atoms with E-state index in [0.717, 1.165) is 21.7 Å². The van der Waals surface area contributed by atoms with Gasteiger partial charge in [0.15, 0.2) is 0 Å². The number of carbonyl (C=O) groups excluding carboxylic acids is 2. The zero-order chi connectivity index (χ0) is 18.7. The summed E-state index contributed by atoms with van der Waals surface area (Å²) in [7, 11) is 0. The van der Waals surface area contributed by atoms with Crippen LogP contribution in [0.5, 0.6) is 0 Å². The molecule has 1 saturated heterocycles. The van der Waals surface area contributed by atoms with Crippen molar-refractivity contribution in [3.63, 3.8) is 0 Å². The zero-order valence-corrected chi connectivity index (χ0v) is 15.3. The van der Waals surface area contributed by atoms with Crippen molar-refractivity contribution in [2.24, 2.45) is 5.73 Å². The lowest BCUT2D eigenvalue weighted by Crippen LogP contribution is -2.48. The van der Waals surface area contributed by atoms with Crippen molar-refractivity contribution in [2.45, 2.75) is 32.0 Å². The molecule has 0 radical (unpaired) electrons. The predicted molar refractivity (Wildman–Crippen MR) is 99.3 cm³/mol. The number of aliphatic hydroxyl groups is 1. The van der Waals surface area contributed by atoms with Crippen LogP contribution in [0.25, 0.3) is 10.4 Å². The van der Waals surface area contributed by atoms with Gasteiger partial charge in [-0.25, -0.2) is 4.98 Å². The highest BCUT2D eigenvalue weighted by Crippen LogP contribution is 2.27. The third kappa shape index (κ3) is 3.99. The number of amides is 2. The molecule has 0 unspecified atom stereocenters. The standard InChI is InChI=1S/C18H22N4O3S/c1-11-17(26-10-21-11)13-4-2-12(3-5-13)9-22(16(24)7-19)18(25)15-6-14(23)8-20-15/h2-5,10,14-15,20,23H,6-9,19H2,1H3/t14-,15+/m1/s1. The van der Waals surface area contributed by atoms with Gasteiger partial charge in [0.2, 0.25) is 11.8 Å². The molecule has 0 spiro atoms. The van der Waals surface area contributed by atoms with Gasteiger partial charge in [0, 0.05) is 6.54 Å². The highest BCUT2D eigenvalue weighted by Gasteiger charge is 2.33. The molecule has 26 heavy (non-hydrogen) atoms. The van der Waals surface area contributed by atoms with E-state index in [-0.39, 0.29) is 19.0 Å². The SMILES string of the molecule is Cc1ncsc1-c1ccc(CN(C(=O)CN)C(=O)[C@@H]2C[C@@H](O)CN2)cc1. The van der Waals surface area contributed by atoms with Gasteiger partial charge in [-0.05, 0) is 24.5 Å². The molecule has 1 aromatic heterocycles. The van der Waals surface area contributed by atoms with E-state index >= 15 is 0 Å². The number of rotatable bonds is 5. The summed E-state index contributed by atoms with van der Waals surface area (Å²) in [5.74, 6) is -0.778. The Hall–Kier alpha value is -2.13. The van der Waals surface area contributed by atoms with Crippen LogP contribution in [0.15, 0.2) is 29.8 Å². The third-order valence-electron chi connectivity index (χ3n) is 4.45. The largest absolute Gasteiger partial charge is 0.392 e. The smallest absolute Gasteiger partial charge is 0.246 e. The fourth-order valence-corrected chi connectivity index (χ4v) is 3.83. The maximum atomic E-state index is 12.7. The average molecular weight is 374 g/mol. The maximum absolute atomic E-state index is 12.7. The fourth-order valence-electron chi connectivity index (χ4n) is 3.02. The second kappa shape index (κ2) is 8.05. The highest BCUT2D eigenvalue weighted by atomic mass is 32.1. The maximum Gasteiger partial charge on any atom is 0.246 e. The number of nitrogens with one attached hydrogen (secondary N) is 1. The minimum Gasteiger partial charge on any atom is -0.392 e. The Bertz CT molecular complexity index is 790. The molecule has 8 heteroatoms. The minimum absolute atomic E-state index is 0.158. The van der Waals surface area contributed by atoms with Crippen LogP contribution in [-0.4, -0.2) is 52.0 Å². The van der Waals surface area contributed by atoms with E-state index in [9.17, 15) is 14.7 Å². The quantitative estimate of drug-likeness (QED) is 0.709. The molecular formula is C18H22N4O3S. The Morgan fingerprint density at radius 2 is 2.12 bits per heavy atom. The molecule has 0 aliphatic carbocycles. The summed E-state index contributed by atoms with van der Waals surface area (Å²) in [4.78, 5) is 31.4. The van der Waals surface area contributed by atoms with Crippen LogP contribution in [0.1, 0.15) is 17.7 Å². The molecule has 1 fully saturated rings. The van der Waals surface area contributed by atoms with Crippen LogP contribution in [0, 0.1) is 6.92 Å². The Balaban J connectivity index is 1.75. The van der Waals surface area contributed by atoms with E-state index < -0.39 is 18.1 Å². The van der Waals surface area contributed by atoms with E-state index in [0.29, 0.717) is 13.0 Å². The van der Waals surface area contributed by atoms with Gasteiger partial charge in [-0.1, -0.05) is 24.3 Å². The summed E-state index contributed by atoms with van der Waals surface area (Å²) < 4.78 is 0. The summed E-state index contributed by atoms with van der Waals surface area (Å²) in [5, 5.41) is 12.6. The number of hydrogen-bond acceptors (Lipinski definition) is 7. The lowest BCUT2D eigenvalue weighted by molar-refractivity contribution is -0.146. The van der Waals surface area contributed by atoms with Crippen LogP contribution in [0.2, 0.25) is 0 Å². The van der Waals surface area contributed by atoms with Gasteiger partial charge in [0.05, 0.1) is 41.3 Å². The number of thiazole rings is 1. The molecule has 138 valence electrons. The van der Waals surface area contributed by atoms with Crippen molar-refractivity contribution in [3.05, 3.63) is 41.0 Å². The van der Waals surface area contributed by atoms with E-state index in [4.69, 9.17) is 5.73 Å². The van der Waals surface area contributed by atoms with Crippen molar-refractivity contribution in [1.29, 1.82) is 0 Å². The second-order valence-electron chi connectivity index (χ2n) is 6.34. The number of nitrogens with two attached hydrogens (primary N) is 1. The first kappa shape index (κ1) is 18.7. The normalized spacial score (nSPS) is 19.5. The summed E-state index contributed by atoms with van der Waals surface area (Å²) in [5.41, 5.74) is 10.2. The van der Waals surface area contributed by atoms with Crippen molar-refractivity contribution in [2.75, 3.05) is 13.1 Å². The predicted octanol–water partition coefficient (Wildman–Crippen LogP) is 0.655. The highest BCUT2D eigenvalue weighted by molar-refractivity contribution is 7.13. The lowest BCUT2D eigenvalue weighted by atomic mass is 10.1. The van der Waals surface area contributed by atoms with E-state index in [1.165, 1.54) is 4.90 Å². The summed E-state index contributed by atoms with van der Waals surface area (Å²) in [6.45, 7) is 2.23. The molecule has 7 nitrogen and oxygen atoms in total. The van der Waals surface area contributed by atoms with Gasteiger partial charge < -0.3 is 16.2 Å². The van der Waals surface area contributed by atoms with Crippen molar-refractivity contribution < 1.29 is 14.7 Å². The number of aromatic nitrogens is 1. The number of benzene rings is 1. The number of imide groups is 1. The van der Waals surface area contributed by atoms with Gasteiger partial charge >= 0.3 is 0 Å². The van der Waals surface area contributed by atoms with Crippen LogP contribution in [0.4, 0.5) is 0 Å². The molecule has 1 aliphatic rings. The van der Waals surface area contributed by atoms with Gasteiger partial charge in [0.25, 0.3) is 0 Å². The van der Waals surface area contributed by atoms with Crippen LogP contribution in [0.3, 0.4) is 0 Å². The molecule has 3 rings (SSSR count). The van der Waals surface area contributed by atoms with Crippen molar-refractivity contribution in [1.82, 2.24) is 15.2 Å². The Morgan fingerprint density at radius 3 is 2.65 bits per heavy atom. The van der Waals surface area contributed by atoms with Gasteiger partial charge in [-0.15, -0.1) is 11.3 Å². The van der Waals surface area contributed by atoms with E-state index in [2.05, 4.69) is 10.3 Å². The average Bonchev–Trinajstić information content (AvgIpc) is 3.27. The van der Waals surface area contributed by atoms with Crippen LogP contribution in [-0.2, 0) is 16.1 Å². The van der Waals surface area contributed by atoms with Crippen molar-refractivity contribution >= 4 is 23.2 Å². The summed E-state index contributed by atoms with van der Waals surface area (Å²) in [6, 6.07) is 7.16. The molecular weight excluding hydrogens is 352 g/mol. The topological polar surface area (TPSA) is 109 Å². The molecule has 2 atom stereocenters. The van der Waals surface area contributed by atoms with Crippen molar-refractivity contribution in [3.8, 4) is 10.4 Å². The molecule has 1 aromatic carbocycles. The van der Waals surface area contributed by atoms with Gasteiger partial charge in [-0.2, -0.15) is 0 Å². The molecule has 2 aromatic rings. The molecule has 1 aliphatic heterocycles. The van der Waals surface area contributed by atoms with Crippen LogP contribution < -0.4 is 11.1 Å². The Kier molecular flexibility index (Phi) is 5.77. The molecule has 4 N–H and O–H groups in total. The molecule has 2 heterocycles. The molecule has 0 saturated carbocycles. The number of aryl methyl sites for hydroxylation is 1. The third-order valence-corrected chi connectivity index (χ3v) is 5.43. The fraction of sp³-hybridized carbons (Fsp3) is 0.389. The first-order chi connectivity index (χ1) is 12.5. The molecule has 2 amide bonds. The number of aliphatic hydroxyl groups excluding tert-OH is 1. The van der Waals surface area contributed by atoms with E-state index in [1.54, 1.807) is 11.3 Å². The second-order valence-corrected chi connectivity index (χ2v) is 7.19. The number of hydrogen-bond donors (Lipinski definition) is 3. The van der Waals surface area contributed by atoms with Gasteiger partial charge in [-0.3, -0.25) is 14.5 Å². The first-order valence-electron chi connectivity index (χ1n) is 8.44. The minimum atomic E-state index is -0.569.